The van der Waals surface area contributed by atoms with Crippen molar-refractivity contribution in [3.63, 3.8) is 0 Å². The lowest BCUT2D eigenvalue weighted by molar-refractivity contribution is -0.143. The minimum atomic E-state index is -0.479. The molecule has 0 spiro atoms. The summed E-state index contributed by atoms with van der Waals surface area (Å²) in [6.45, 7) is 6.83. The lowest BCUT2D eigenvalue weighted by Crippen LogP contribution is -2.34. The molecule has 1 aromatic rings. The topological polar surface area (TPSA) is 29.5 Å². The molecule has 0 amide bonds. The average Bonchev–Trinajstić information content (AvgIpc) is 2.92. The number of carbonyl (C=O) groups excluding carboxylic acids is 1. The lowest BCUT2D eigenvalue weighted by Gasteiger charge is -2.38. The molecular formula is C22H33NO2. The molecule has 0 unspecified atom stereocenters. The van der Waals surface area contributed by atoms with E-state index in [1.54, 1.807) is 0 Å². The number of hydrogen-bond donors (Lipinski definition) is 0. The third kappa shape index (κ3) is 4.25. The maximum atomic E-state index is 12.2. The Hall–Kier alpha value is -1.35. The Morgan fingerprint density at radius 1 is 1.20 bits per heavy atom. The molecule has 3 heteroatoms. The highest BCUT2D eigenvalue weighted by Crippen LogP contribution is 2.52. The number of rotatable bonds is 4. The van der Waals surface area contributed by atoms with Gasteiger partial charge in [-0.25, -0.2) is 0 Å². The van der Waals surface area contributed by atoms with E-state index in [9.17, 15) is 4.79 Å². The second-order valence-corrected chi connectivity index (χ2v) is 9.42. The van der Waals surface area contributed by atoms with E-state index >= 15 is 0 Å². The minimum absolute atomic E-state index is 0.168. The first-order chi connectivity index (χ1) is 11.7. The van der Waals surface area contributed by atoms with Crippen LogP contribution in [-0.4, -0.2) is 31.5 Å². The summed E-state index contributed by atoms with van der Waals surface area (Å²) in [5.74, 6) is 3.56. The highest BCUT2D eigenvalue weighted by atomic mass is 16.5. The zero-order chi connectivity index (χ0) is 18.2. The van der Waals surface area contributed by atoms with Gasteiger partial charge in [0.15, 0.2) is 0 Å². The van der Waals surface area contributed by atoms with E-state index in [2.05, 4.69) is 31.1 Å². The zero-order valence-electron chi connectivity index (χ0n) is 16.4. The van der Waals surface area contributed by atoms with E-state index in [1.807, 2.05) is 32.9 Å². The van der Waals surface area contributed by atoms with Crippen molar-refractivity contribution in [1.82, 2.24) is 4.90 Å². The number of hydrogen-bond acceptors (Lipinski definition) is 3. The molecular weight excluding hydrogens is 310 g/mol. The second-order valence-electron chi connectivity index (χ2n) is 9.42. The Labute approximate surface area is 152 Å². The van der Waals surface area contributed by atoms with Gasteiger partial charge in [0.25, 0.3) is 0 Å². The molecule has 2 aliphatic rings. The van der Waals surface area contributed by atoms with Crippen LogP contribution in [0.1, 0.15) is 57.9 Å². The zero-order valence-corrected chi connectivity index (χ0v) is 16.4. The van der Waals surface area contributed by atoms with Gasteiger partial charge in [0.05, 0.1) is 5.41 Å². The number of benzene rings is 1. The van der Waals surface area contributed by atoms with Crippen LogP contribution in [0.2, 0.25) is 0 Å². The summed E-state index contributed by atoms with van der Waals surface area (Å²) in [5, 5.41) is 0. The summed E-state index contributed by atoms with van der Waals surface area (Å²) in [6.07, 6.45) is 5.47. The number of ether oxygens (including phenoxy) is 1. The predicted octanol–water partition coefficient (Wildman–Crippen LogP) is 4.72. The lowest BCUT2D eigenvalue weighted by atomic mass is 9.69. The van der Waals surface area contributed by atoms with Gasteiger partial charge < -0.3 is 9.64 Å². The Balaban J connectivity index is 1.82. The van der Waals surface area contributed by atoms with E-state index in [1.165, 1.54) is 31.2 Å². The predicted molar refractivity (Wildman–Crippen MR) is 102 cm³/mol. The summed E-state index contributed by atoms with van der Waals surface area (Å²) in [6, 6.07) is 8.30. The summed E-state index contributed by atoms with van der Waals surface area (Å²) in [4.78, 5) is 14.5. The van der Waals surface area contributed by atoms with E-state index in [0.29, 0.717) is 17.6 Å². The third-order valence-corrected chi connectivity index (χ3v) is 5.98. The molecule has 25 heavy (non-hydrogen) atoms. The van der Waals surface area contributed by atoms with Crippen molar-refractivity contribution in [2.24, 2.45) is 23.2 Å². The smallest absolute Gasteiger partial charge is 0.316 e. The molecule has 138 valence electrons. The van der Waals surface area contributed by atoms with E-state index in [0.717, 1.165) is 18.4 Å². The number of nitrogens with zero attached hydrogens (tertiary/aromatic N) is 1. The van der Waals surface area contributed by atoms with Gasteiger partial charge >= 0.3 is 5.97 Å². The van der Waals surface area contributed by atoms with Gasteiger partial charge in [0.2, 0.25) is 0 Å². The molecule has 2 bridgehead atoms. The van der Waals surface area contributed by atoms with Gasteiger partial charge in [-0.15, -0.1) is 0 Å². The molecule has 4 atom stereocenters. The Morgan fingerprint density at radius 2 is 1.96 bits per heavy atom. The van der Waals surface area contributed by atoms with Crippen LogP contribution in [0.3, 0.4) is 0 Å². The molecule has 1 aromatic carbocycles. The normalized spacial score (nSPS) is 29.0. The quantitative estimate of drug-likeness (QED) is 0.585. The monoisotopic (exact) mass is 343 g/mol. The van der Waals surface area contributed by atoms with E-state index < -0.39 is 5.41 Å². The fraction of sp³-hybridized carbons (Fsp3) is 0.682. The maximum Gasteiger partial charge on any atom is 0.316 e. The molecule has 2 aliphatic carbocycles. The largest absolute Gasteiger partial charge is 0.426 e. The van der Waals surface area contributed by atoms with Gasteiger partial charge in [-0.1, -0.05) is 18.6 Å². The van der Waals surface area contributed by atoms with Gasteiger partial charge in [-0.05, 0) is 95.5 Å². The summed E-state index contributed by atoms with van der Waals surface area (Å²) >= 11 is 0. The molecule has 2 fully saturated rings. The van der Waals surface area contributed by atoms with Crippen molar-refractivity contribution in [2.45, 2.75) is 52.4 Å². The van der Waals surface area contributed by atoms with Crippen LogP contribution in [-0.2, 0) is 4.79 Å². The number of carbonyl (C=O) groups is 1. The Kier molecular flexibility index (Phi) is 5.24. The van der Waals surface area contributed by atoms with Crippen LogP contribution in [0.15, 0.2) is 24.3 Å². The first-order valence-corrected chi connectivity index (χ1v) is 9.71. The van der Waals surface area contributed by atoms with Crippen LogP contribution in [0.4, 0.5) is 0 Å². The number of esters is 1. The maximum absolute atomic E-state index is 12.2. The molecule has 2 saturated carbocycles. The fourth-order valence-electron chi connectivity index (χ4n) is 4.73. The van der Waals surface area contributed by atoms with Crippen molar-refractivity contribution in [1.29, 1.82) is 0 Å². The Morgan fingerprint density at radius 3 is 2.64 bits per heavy atom. The van der Waals surface area contributed by atoms with Crippen LogP contribution < -0.4 is 4.74 Å². The third-order valence-electron chi connectivity index (χ3n) is 5.98. The van der Waals surface area contributed by atoms with Crippen molar-refractivity contribution < 1.29 is 9.53 Å². The van der Waals surface area contributed by atoms with E-state index in [4.69, 9.17) is 4.74 Å². The minimum Gasteiger partial charge on any atom is -0.426 e. The molecule has 0 aromatic heterocycles. The average molecular weight is 344 g/mol. The van der Waals surface area contributed by atoms with Crippen LogP contribution >= 0.6 is 0 Å². The van der Waals surface area contributed by atoms with Crippen molar-refractivity contribution in [3.8, 4) is 5.75 Å². The van der Waals surface area contributed by atoms with Gasteiger partial charge in [0, 0.05) is 6.54 Å². The molecule has 3 nitrogen and oxygen atoms in total. The number of fused-ring (bicyclic) bond motifs is 2. The van der Waals surface area contributed by atoms with Crippen LogP contribution in [0, 0.1) is 23.2 Å². The Bertz CT molecular complexity index is 617. The molecule has 0 aliphatic heterocycles. The molecule has 0 N–H and O–H groups in total. The summed E-state index contributed by atoms with van der Waals surface area (Å²) < 4.78 is 5.65. The van der Waals surface area contributed by atoms with Crippen molar-refractivity contribution >= 4 is 5.97 Å². The van der Waals surface area contributed by atoms with Gasteiger partial charge in [-0.2, -0.15) is 0 Å². The first-order valence-electron chi connectivity index (χ1n) is 9.71. The standard InChI is InChI=1S/C22H33NO2/c1-22(2,3)21(24)25-18-8-6-7-16(13-18)19-12-15-9-10-17(11-15)20(19)14-23(4)5/h6-8,13,15,17,19-20H,9-12,14H2,1-5H3/t15-,17+,19+,20+/m1/s1. The molecule has 3 rings (SSSR count). The molecule has 0 heterocycles. The molecule has 0 radical (unpaired) electrons. The van der Waals surface area contributed by atoms with Crippen LogP contribution in [0.25, 0.3) is 0 Å². The first kappa shape index (κ1) is 18.4. The second kappa shape index (κ2) is 7.11. The van der Waals surface area contributed by atoms with Crippen LogP contribution in [0.5, 0.6) is 5.75 Å². The van der Waals surface area contributed by atoms with E-state index in [-0.39, 0.29) is 5.97 Å². The molecule has 0 saturated heterocycles. The van der Waals surface area contributed by atoms with Crippen molar-refractivity contribution in [2.75, 3.05) is 20.6 Å². The fourth-order valence-corrected chi connectivity index (χ4v) is 4.73. The highest BCUT2D eigenvalue weighted by Gasteiger charge is 2.42. The van der Waals surface area contributed by atoms with Gasteiger partial charge in [-0.3, -0.25) is 4.79 Å². The highest BCUT2D eigenvalue weighted by molar-refractivity contribution is 5.77. The summed E-state index contributed by atoms with van der Waals surface area (Å²) in [7, 11) is 4.36. The SMILES string of the molecule is CN(C)C[C@H]1[C@H]2CC[C@H](C2)C[C@H]1c1cccc(OC(=O)C(C)(C)C)c1. The summed E-state index contributed by atoms with van der Waals surface area (Å²) in [5.41, 5.74) is 0.871. The van der Waals surface area contributed by atoms with Gasteiger partial charge in [0.1, 0.15) is 5.75 Å². The van der Waals surface area contributed by atoms with Crippen molar-refractivity contribution in [3.05, 3.63) is 29.8 Å².